The largest absolute Gasteiger partial charge is 0.493 e. The van der Waals surface area contributed by atoms with Crippen LogP contribution in [-0.4, -0.2) is 25.5 Å². The molecule has 0 radical (unpaired) electrons. The van der Waals surface area contributed by atoms with Crippen molar-refractivity contribution >= 4 is 46.4 Å². The predicted octanol–water partition coefficient (Wildman–Crippen LogP) is 5.64. The lowest BCUT2D eigenvalue weighted by Crippen LogP contribution is -2.36. The number of carbonyl (C=O) groups is 2. The van der Waals surface area contributed by atoms with E-state index in [1.807, 2.05) is 30.3 Å². The van der Waals surface area contributed by atoms with Gasteiger partial charge in [-0.2, -0.15) is 0 Å². The summed E-state index contributed by atoms with van der Waals surface area (Å²) in [6.45, 7) is 2.61. The van der Waals surface area contributed by atoms with Crippen LogP contribution < -0.4 is 25.2 Å². The van der Waals surface area contributed by atoms with Gasteiger partial charge in [-0.15, -0.1) is 0 Å². The van der Waals surface area contributed by atoms with Crippen molar-refractivity contribution in [3.8, 4) is 11.5 Å². The summed E-state index contributed by atoms with van der Waals surface area (Å²) in [6.07, 6.45) is 1.07. The summed E-state index contributed by atoms with van der Waals surface area (Å²) in [7, 11) is 1.54. The van der Waals surface area contributed by atoms with E-state index in [-0.39, 0.29) is 24.8 Å². The molecule has 0 saturated carbocycles. The van der Waals surface area contributed by atoms with Crippen LogP contribution in [0.15, 0.2) is 60.7 Å². The standard InChI is InChI=1S/C27H27Cl2N3O4/c1-3-17-7-10-20(11-8-17)32-15-19(14-25(32)33)27(34)31-30-23-5-4-6-24(35-2)26(23)36-16-18-9-12-21(28)22(29)13-18/h4-13,19,30H,3,14-16H2,1-2H3,(H,31,34)/t19-/m0/s1. The quantitative estimate of drug-likeness (QED) is 0.352. The maximum Gasteiger partial charge on any atom is 0.243 e. The normalized spacial score (nSPS) is 15.1. The topological polar surface area (TPSA) is 79.9 Å². The number of methoxy groups -OCH3 is 1. The van der Waals surface area contributed by atoms with E-state index in [4.69, 9.17) is 32.7 Å². The molecular formula is C27H27Cl2N3O4. The van der Waals surface area contributed by atoms with E-state index >= 15 is 0 Å². The molecule has 4 rings (SSSR count). The molecule has 0 unspecified atom stereocenters. The number of carbonyl (C=O) groups excluding carboxylic acids is 2. The van der Waals surface area contributed by atoms with Gasteiger partial charge in [-0.25, -0.2) is 0 Å². The number of hydrogen-bond donors (Lipinski definition) is 2. The third-order valence-corrected chi connectivity index (χ3v) is 6.78. The Bertz CT molecular complexity index is 1250. The van der Waals surface area contributed by atoms with Crippen LogP contribution in [-0.2, 0) is 22.6 Å². The molecule has 188 valence electrons. The summed E-state index contributed by atoms with van der Waals surface area (Å²) >= 11 is 12.1. The second-order valence-corrected chi connectivity index (χ2v) is 9.23. The Morgan fingerprint density at radius 2 is 1.81 bits per heavy atom. The monoisotopic (exact) mass is 527 g/mol. The molecular weight excluding hydrogens is 501 g/mol. The van der Waals surface area contributed by atoms with Crippen molar-refractivity contribution in [3.63, 3.8) is 0 Å². The first-order valence-electron chi connectivity index (χ1n) is 11.6. The van der Waals surface area contributed by atoms with Crippen LogP contribution >= 0.6 is 23.2 Å². The van der Waals surface area contributed by atoms with Crippen LogP contribution in [0.2, 0.25) is 10.0 Å². The molecule has 1 heterocycles. The number of nitrogens with zero attached hydrogens (tertiary/aromatic N) is 1. The van der Waals surface area contributed by atoms with Gasteiger partial charge in [0.05, 0.1) is 28.8 Å². The van der Waals surface area contributed by atoms with E-state index in [0.29, 0.717) is 33.8 Å². The fraction of sp³-hybridized carbons (Fsp3) is 0.259. The van der Waals surface area contributed by atoms with E-state index in [1.165, 1.54) is 12.7 Å². The number of benzene rings is 3. The van der Waals surface area contributed by atoms with Crippen LogP contribution in [0.5, 0.6) is 11.5 Å². The van der Waals surface area contributed by atoms with Gasteiger partial charge >= 0.3 is 0 Å². The molecule has 1 atom stereocenters. The molecule has 3 aromatic carbocycles. The van der Waals surface area contributed by atoms with Crippen LogP contribution in [0, 0.1) is 5.92 Å². The van der Waals surface area contributed by atoms with E-state index in [0.717, 1.165) is 17.7 Å². The zero-order valence-electron chi connectivity index (χ0n) is 20.0. The summed E-state index contributed by atoms with van der Waals surface area (Å²) in [5, 5.41) is 0.898. The minimum absolute atomic E-state index is 0.0774. The van der Waals surface area contributed by atoms with E-state index < -0.39 is 5.92 Å². The third kappa shape index (κ3) is 5.86. The molecule has 0 bridgehead atoms. The highest BCUT2D eigenvalue weighted by atomic mass is 35.5. The number of ether oxygens (including phenoxy) is 2. The molecule has 2 N–H and O–H groups in total. The fourth-order valence-corrected chi connectivity index (χ4v) is 4.30. The van der Waals surface area contributed by atoms with Gasteiger partial charge < -0.3 is 14.4 Å². The zero-order chi connectivity index (χ0) is 25.7. The minimum Gasteiger partial charge on any atom is -0.493 e. The number of hydrazine groups is 1. The Hall–Kier alpha value is -3.42. The van der Waals surface area contributed by atoms with Gasteiger partial charge in [0, 0.05) is 18.7 Å². The lowest BCUT2D eigenvalue weighted by Gasteiger charge is -2.19. The molecule has 3 aromatic rings. The summed E-state index contributed by atoms with van der Waals surface area (Å²) in [5.41, 5.74) is 8.97. The molecule has 36 heavy (non-hydrogen) atoms. The van der Waals surface area contributed by atoms with Crippen molar-refractivity contribution < 1.29 is 19.1 Å². The number of halogens is 2. The number of aryl methyl sites for hydroxylation is 1. The Morgan fingerprint density at radius 1 is 1.06 bits per heavy atom. The van der Waals surface area contributed by atoms with Crippen molar-refractivity contribution in [1.82, 2.24) is 5.43 Å². The highest BCUT2D eigenvalue weighted by Gasteiger charge is 2.35. The average molecular weight is 528 g/mol. The van der Waals surface area contributed by atoms with Crippen molar-refractivity contribution in [2.75, 3.05) is 24.0 Å². The number of para-hydroxylation sites is 1. The highest BCUT2D eigenvalue weighted by Crippen LogP contribution is 2.36. The number of rotatable bonds is 9. The summed E-state index contributed by atoms with van der Waals surface area (Å²) in [6, 6.07) is 18.4. The molecule has 0 aromatic heterocycles. The highest BCUT2D eigenvalue weighted by molar-refractivity contribution is 6.42. The SMILES string of the molecule is CCc1ccc(N2C[C@@H](C(=O)NNc3cccc(OC)c3OCc3ccc(Cl)c(Cl)c3)CC2=O)cc1. The number of hydrogen-bond acceptors (Lipinski definition) is 5. The van der Waals surface area contributed by atoms with Gasteiger partial charge in [-0.3, -0.25) is 20.4 Å². The van der Waals surface area contributed by atoms with Crippen molar-refractivity contribution in [1.29, 1.82) is 0 Å². The maximum absolute atomic E-state index is 12.9. The van der Waals surface area contributed by atoms with Crippen molar-refractivity contribution in [2.45, 2.75) is 26.4 Å². The second-order valence-electron chi connectivity index (χ2n) is 8.41. The number of nitrogens with one attached hydrogen (secondary N) is 2. The maximum atomic E-state index is 12.9. The summed E-state index contributed by atoms with van der Waals surface area (Å²) in [4.78, 5) is 27.2. The van der Waals surface area contributed by atoms with E-state index in [2.05, 4.69) is 17.8 Å². The van der Waals surface area contributed by atoms with Crippen molar-refractivity contribution in [3.05, 3.63) is 81.8 Å². The molecule has 1 fully saturated rings. The van der Waals surface area contributed by atoms with Crippen LogP contribution in [0.25, 0.3) is 0 Å². The molecule has 1 aliphatic heterocycles. The average Bonchev–Trinajstić information content (AvgIpc) is 3.29. The molecule has 7 nitrogen and oxygen atoms in total. The molecule has 2 amide bonds. The van der Waals surface area contributed by atoms with Crippen molar-refractivity contribution in [2.24, 2.45) is 5.92 Å². The Balaban J connectivity index is 1.41. The van der Waals surface area contributed by atoms with Crippen LogP contribution in [0.1, 0.15) is 24.5 Å². The van der Waals surface area contributed by atoms with Gasteiger partial charge in [-0.1, -0.05) is 54.4 Å². The van der Waals surface area contributed by atoms with Gasteiger partial charge in [0.2, 0.25) is 11.8 Å². The molecule has 0 spiro atoms. The van der Waals surface area contributed by atoms with Gasteiger partial charge in [0.15, 0.2) is 11.5 Å². The summed E-state index contributed by atoms with van der Waals surface area (Å²) in [5.74, 6) is 0.0707. The lowest BCUT2D eigenvalue weighted by molar-refractivity contribution is -0.125. The smallest absolute Gasteiger partial charge is 0.243 e. The van der Waals surface area contributed by atoms with Crippen LogP contribution in [0.4, 0.5) is 11.4 Å². The number of anilines is 2. The number of amides is 2. The summed E-state index contributed by atoms with van der Waals surface area (Å²) < 4.78 is 11.4. The molecule has 0 aliphatic carbocycles. The fourth-order valence-electron chi connectivity index (χ4n) is 3.98. The van der Waals surface area contributed by atoms with Gasteiger partial charge in [0.1, 0.15) is 6.61 Å². The van der Waals surface area contributed by atoms with E-state index in [1.54, 1.807) is 35.2 Å². The van der Waals surface area contributed by atoms with E-state index in [9.17, 15) is 9.59 Å². The Labute approximate surface area is 220 Å². The lowest BCUT2D eigenvalue weighted by atomic mass is 10.1. The molecule has 9 heteroatoms. The third-order valence-electron chi connectivity index (χ3n) is 6.04. The first kappa shape index (κ1) is 25.7. The molecule has 1 saturated heterocycles. The van der Waals surface area contributed by atoms with Crippen LogP contribution in [0.3, 0.4) is 0 Å². The first-order valence-corrected chi connectivity index (χ1v) is 12.3. The zero-order valence-corrected chi connectivity index (χ0v) is 21.5. The minimum atomic E-state index is -0.484. The Morgan fingerprint density at radius 3 is 2.50 bits per heavy atom. The predicted molar refractivity (Wildman–Crippen MR) is 142 cm³/mol. The van der Waals surface area contributed by atoms with Gasteiger partial charge in [-0.05, 0) is 53.9 Å². The van der Waals surface area contributed by atoms with Gasteiger partial charge in [0.25, 0.3) is 0 Å². The second kappa shape index (κ2) is 11.5. The Kier molecular flexibility index (Phi) is 8.23. The molecule has 1 aliphatic rings. The first-order chi connectivity index (χ1) is 17.4.